The second kappa shape index (κ2) is 3.79. The van der Waals surface area contributed by atoms with E-state index < -0.39 is 0 Å². The molecule has 0 amide bonds. The first-order chi connectivity index (χ1) is 5.66. The van der Waals surface area contributed by atoms with Crippen LogP contribution in [0.25, 0.3) is 0 Å². The zero-order chi connectivity index (χ0) is 9.14. The zero-order valence-corrected chi connectivity index (χ0v) is 8.48. The number of rotatable bonds is 1. The van der Waals surface area contributed by atoms with Gasteiger partial charge in [0, 0.05) is 10.0 Å². The molecule has 0 unspecified atom stereocenters. The highest BCUT2D eigenvalue weighted by Crippen LogP contribution is 2.29. The minimum atomic E-state index is 0.271. The fourth-order valence-corrected chi connectivity index (χ4v) is 1.53. The van der Waals surface area contributed by atoms with E-state index in [0.717, 1.165) is 10.0 Å². The highest BCUT2D eigenvalue weighted by atomic mass is 79.9. The summed E-state index contributed by atoms with van der Waals surface area (Å²) in [6, 6.07) is 5.50. The predicted molar refractivity (Wildman–Crippen MR) is 52.9 cm³/mol. The molecule has 0 spiro atoms. The van der Waals surface area contributed by atoms with Gasteiger partial charge in [0.15, 0.2) is 0 Å². The van der Waals surface area contributed by atoms with E-state index in [0.29, 0.717) is 10.7 Å². The highest BCUT2D eigenvalue weighted by molar-refractivity contribution is 9.10. The predicted octanol–water partition coefficient (Wildman–Crippen LogP) is 2.75. The smallest absolute Gasteiger partial charge is 0.0670 e. The summed E-state index contributed by atoms with van der Waals surface area (Å²) in [6.07, 6.45) is 0.271. The number of halogens is 2. The fraction of sp³-hybridized carbons (Fsp3) is 0.125. The summed E-state index contributed by atoms with van der Waals surface area (Å²) in [5.74, 6) is 0. The molecule has 0 heterocycles. The molecule has 0 aliphatic carbocycles. The van der Waals surface area contributed by atoms with Crippen LogP contribution in [0, 0.1) is 11.3 Å². The van der Waals surface area contributed by atoms with Crippen LogP contribution >= 0.6 is 27.5 Å². The molecular formula is C8H6BrClN2. The van der Waals surface area contributed by atoms with Crippen LogP contribution in [-0.4, -0.2) is 0 Å². The van der Waals surface area contributed by atoms with Crippen molar-refractivity contribution in [3.8, 4) is 6.07 Å². The van der Waals surface area contributed by atoms with Gasteiger partial charge in [-0.1, -0.05) is 27.5 Å². The van der Waals surface area contributed by atoms with Crippen molar-refractivity contribution in [2.24, 2.45) is 0 Å². The molecule has 0 saturated carbocycles. The van der Waals surface area contributed by atoms with Crippen molar-refractivity contribution in [2.45, 2.75) is 6.42 Å². The molecule has 12 heavy (non-hydrogen) atoms. The van der Waals surface area contributed by atoms with Gasteiger partial charge >= 0.3 is 0 Å². The Balaban J connectivity index is 3.25. The number of nitrogens with two attached hydrogens (primary N) is 1. The van der Waals surface area contributed by atoms with Crippen molar-refractivity contribution in [1.82, 2.24) is 0 Å². The fourth-order valence-electron chi connectivity index (χ4n) is 0.868. The van der Waals surface area contributed by atoms with E-state index in [1.54, 1.807) is 12.1 Å². The lowest BCUT2D eigenvalue weighted by atomic mass is 10.1. The van der Waals surface area contributed by atoms with Crippen molar-refractivity contribution < 1.29 is 0 Å². The van der Waals surface area contributed by atoms with Gasteiger partial charge in [-0.25, -0.2) is 0 Å². The molecular weight excluding hydrogens is 239 g/mol. The zero-order valence-electron chi connectivity index (χ0n) is 6.14. The number of nitrogens with zero attached hydrogens (tertiary/aromatic N) is 1. The van der Waals surface area contributed by atoms with E-state index in [-0.39, 0.29) is 6.42 Å². The Bertz CT molecular complexity index is 344. The first kappa shape index (κ1) is 9.37. The van der Waals surface area contributed by atoms with Gasteiger partial charge in [0.1, 0.15) is 0 Å². The molecule has 4 heteroatoms. The standard InChI is InChI=1S/C8H6BrClN2/c9-6-1-2-7(10)8(12)5(6)3-4-11/h1-2H,3,12H2. The van der Waals surface area contributed by atoms with Crippen LogP contribution in [0.5, 0.6) is 0 Å². The monoisotopic (exact) mass is 244 g/mol. The van der Waals surface area contributed by atoms with Gasteiger partial charge in [-0.2, -0.15) is 5.26 Å². The van der Waals surface area contributed by atoms with Gasteiger partial charge in [0.05, 0.1) is 23.2 Å². The average molecular weight is 246 g/mol. The van der Waals surface area contributed by atoms with E-state index in [1.165, 1.54) is 0 Å². The summed E-state index contributed by atoms with van der Waals surface area (Å²) in [4.78, 5) is 0. The maximum absolute atomic E-state index is 8.49. The summed E-state index contributed by atoms with van der Waals surface area (Å²) in [7, 11) is 0. The topological polar surface area (TPSA) is 49.8 Å². The Labute approximate surface area is 84.1 Å². The molecule has 0 saturated heterocycles. The summed E-state index contributed by atoms with van der Waals surface area (Å²) in [6.45, 7) is 0. The maximum Gasteiger partial charge on any atom is 0.0670 e. The molecule has 0 atom stereocenters. The molecule has 0 bridgehead atoms. The lowest BCUT2D eigenvalue weighted by Gasteiger charge is -2.05. The van der Waals surface area contributed by atoms with E-state index in [9.17, 15) is 0 Å². The SMILES string of the molecule is N#CCc1c(Br)ccc(Cl)c1N. The van der Waals surface area contributed by atoms with Crippen LogP contribution in [0.4, 0.5) is 5.69 Å². The molecule has 0 aliphatic heterocycles. The van der Waals surface area contributed by atoms with Gasteiger partial charge in [0.2, 0.25) is 0 Å². The first-order valence-electron chi connectivity index (χ1n) is 3.26. The van der Waals surface area contributed by atoms with Gasteiger partial charge < -0.3 is 5.73 Å². The summed E-state index contributed by atoms with van der Waals surface area (Å²) >= 11 is 9.06. The quantitative estimate of drug-likeness (QED) is 0.774. The van der Waals surface area contributed by atoms with Crippen LogP contribution in [-0.2, 0) is 6.42 Å². The van der Waals surface area contributed by atoms with E-state index in [4.69, 9.17) is 22.6 Å². The Kier molecular flexibility index (Phi) is 2.96. The number of benzene rings is 1. The third kappa shape index (κ3) is 1.71. The van der Waals surface area contributed by atoms with Crippen LogP contribution in [0.1, 0.15) is 5.56 Å². The highest BCUT2D eigenvalue weighted by Gasteiger charge is 2.06. The van der Waals surface area contributed by atoms with Crippen molar-refractivity contribution in [3.63, 3.8) is 0 Å². The maximum atomic E-state index is 8.49. The van der Waals surface area contributed by atoms with Crippen LogP contribution in [0.15, 0.2) is 16.6 Å². The molecule has 62 valence electrons. The third-order valence-electron chi connectivity index (χ3n) is 1.50. The van der Waals surface area contributed by atoms with Crippen LogP contribution < -0.4 is 5.73 Å². The number of nitriles is 1. The van der Waals surface area contributed by atoms with E-state index in [2.05, 4.69) is 15.9 Å². The second-order valence-corrected chi connectivity index (χ2v) is 3.52. The summed E-state index contributed by atoms with van der Waals surface area (Å²) in [5.41, 5.74) is 6.89. The Morgan fingerprint density at radius 3 is 2.83 bits per heavy atom. The Morgan fingerprint density at radius 2 is 2.25 bits per heavy atom. The lowest BCUT2D eigenvalue weighted by molar-refractivity contribution is 1.25. The normalized spacial score (nSPS) is 9.42. The average Bonchev–Trinajstić information content (AvgIpc) is 2.06. The molecule has 0 aliphatic rings. The van der Waals surface area contributed by atoms with Gasteiger partial charge in [0.25, 0.3) is 0 Å². The minimum Gasteiger partial charge on any atom is -0.397 e. The Morgan fingerprint density at radius 1 is 1.58 bits per heavy atom. The first-order valence-corrected chi connectivity index (χ1v) is 4.43. The van der Waals surface area contributed by atoms with Crippen molar-refractivity contribution in [1.29, 1.82) is 5.26 Å². The molecule has 1 aromatic carbocycles. The third-order valence-corrected chi connectivity index (χ3v) is 2.58. The number of nitrogen functional groups attached to an aromatic ring is 1. The van der Waals surface area contributed by atoms with E-state index in [1.807, 2.05) is 6.07 Å². The van der Waals surface area contributed by atoms with Crippen molar-refractivity contribution in [3.05, 3.63) is 27.2 Å². The number of hydrogen-bond acceptors (Lipinski definition) is 2. The van der Waals surface area contributed by atoms with Crippen molar-refractivity contribution in [2.75, 3.05) is 5.73 Å². The van der Waals surface area contributed by atoms with Crippen molar-refractivity contribution >= 4 is 33.2 Å². The minimum absolute atomic E-state index is 0.271. The lowest BCUT2D eigenvalue weighted by Crippen LogP contribution is -1.95. The van der Waals surface area contributed by atoms with Gasteiger partial charge in [-0.15, -0.1) is 0 Å². The summed E-state index contributed by atoms with van der Waals surface area (Å²) < 4.78 is 0.825. The molecule has 1 rings (SSSR count). The number of anilines is 1. The van der Waals surface area contributed by atoms with Crippen LogP contribution in [0.3, 0.4) is 0 Å². The van der Waals surface area contributed by atoms with Gasteiger partial charge in [-0.3, -0.25) is 0 Å². The second-order valence-electron chi connectivity index (χ2n) is 2.26. The van der Waals surface area contributed by atoms with Gasteiger partial charge in [-0.05, 0) is 12.1 Å². The molecule has 0 fully saturated rings. The largest absolute Gasteiger partial charge is 0.397 e. The summed E-state index contributed by atoms with van der Waals surface area (Å²) in [5, 5.41) is 8.98. The molecule has 0 radical (unpaired) electrons. The molecule has 1 aromatic rings. The van der Waals surface area contributed by atoms with Crippen LogP contribution in [0.2, 0.25) is 5.02 Å². The molecule has 2 N–H and O–H groups in total. The Hall–Kier alpha value is -0.720. The van der Waals surface area contributed by atoms with E-state index >= 15 is 0 Å². The molecule has 2 nitrogen and oxygen atoms in total. The molecule has 0 aromatic heterocycles. The number of hydrogen-bond donors (Lipinski definition) is 1.